The molecule has 0 unspecified atom stereocenters. The van der Waals surface area contributed by atoms with E-state index in [1.807, 2.05) is 51.1 Å². The van der Waals surface area contributed by atoms with Crippen molar-refractivity contribution in [2.24, 2.45) is 5.41 Å². The summed E-state index contributed by atoms with van der Waals surface area (Å²) in [4.78, 5) is 0.944. The van der Waals surface area contributed by atoms with Crippen LogP contribution in [0.5, 0.6) is 0 Å². The fraction of sp³-hybridized carbons (Fsp3) is 0.333. The Balaban J connectivity index is 2.45. The fourth-order valence-corrected chi connectivity index (χ4v) is 1.95. The minimum atomic E-state index is -2.33. The molecule has 0 aliphatic heterocycles. The average Bonchev–Trinajstić information content (AvgIpc) is 2.59. The van der Waals surface area contributed by atoms with Crippen molar-refractivity contribution in [1.29, 1.82) is 0 Å². The van der Waals surface area contributed by atoms with E-state index in [2.05, 4.69) is 11.8 Å². The Bertz CT molecular complexity index is 908. The average molecular weight is 296 g/mol. The van der Waals surface area contributed by atoms with Crippen LogP contribution in [-0.2, 0) is 6.50 Å². The van der Waals surface area contributed by atoms with Crippen molar-refractivity contribution < 1.29 is 6.85 Å². The predicted octanol–water partition coefficient (Wildman–Crippen LogP) is 4.88. The van der Waals surface area contributed by atoms with Crippen LogP contribution in [0.1, 0.15) is 33.2 Å². The third-order valence-corrected chi connectivity index (χ3v) is 2.90. The van der Waals surface area contributed by atoms with Crippen LogP contribution in [0.4, 0.5) is 0 Å². The van der Waals surface area contributed by atoms with Crippen LogP contribution in [0.3, 0.4) is 0 Å². The molecular weight excluding hydrogens is 266 g/mol. The first-order valence-corrected chi connectivity index (χ1v) is 7.29. The first-order chi connectivity index (χ1) is 12.4. The van der Waals surface area contributed by atoms with E-state index in [-0.39, 0.29) is 11.5 Å². The second kappa shape index (κ2) is 7.29. The number of hydrogen-bond acceptors (Lipinski definition) is 1. The summed E-state index contributed by atoms with van der Waals surface area (Å²) < 4.78 is 41.9. The van der Waals surface area contributed by atoms with Gasteiger partial charge in [0.15, 0.2) is 0 Å². The molecule has 0 fully saturated rings. The Labute approximate surface area is 141 Å². The number of rotatable bonds is 4. The minimum Gasteiger partial charge on any atom is -0.298 e. The van der Waals surface area contributed by atoms with E-state index in [0.29, 0.717) is 5.56 Å². The van der Waals surface area contributed by atoms with E-state index in [4.69, 9.17) is 6.85 Å². The third-order valence-electron chi connectivity index (χ3n) is 2.90. The van der Waals surface area contributed by atoms with Gasteiger partial charge >= 0.3 is 0 Å². The highest BCUT2D eigenvalue weighted by Crippen LogP contribution is 2.19. The van der Waals surface area contributed by atoms with E-state index in [0.717, 1.165) is 15.7 Å². The highest BCUT2D eigenvalue weighted by atomic mass is 15.1. The lowest BCUT2D eigenvalue weighted by Crippen LogP contribution is -2.17. The van der Waals surface area contributed by atoms with Crippen molar-refractivity contribution in [2.45, 2.75) is 27.3 Å². The molecule has 114 valence electrons. The smallest absolute Gasteiger partial charge is 0.0596 e. The van der Waals surface area contributed by atoms with E-state index >= 15 is 0 Å². The van der Waals surface area contributed by atoms with Gasteiger partial charge in [-0.1, -0.05) is 60.4 Å². The van der Waals surface area contributed by atoms with E-state index < -0.39 is 13.0 Å². The molecule has 0 aromatic heterocycles. The number of benzene rings is 2. The zero-order valence-corrected chi connectivity index (χ0v) is 13.6. The van der Waals surface area contributed by atoms with Gasteiger partial charge in [-0.2, -0.15) is 0 Å². The molecule has 1 nitrogen and oxygen atoms in total. The van der Waals surface area contributed by atoms with Gasteiger partial charge in [0.2, 0.25) is 0 Å². The Hall–Kier alpha value is -2.04. The first kappa shape index (κ1) is 10.6. The topological polar surface area (TPSA) is 3.24 Å². The van der Waals surface area contributed by atoms with Gasteiger partial charge in [-0.25, -0.2) is 0 Å². The van der Waals surface area contributed by atoms with Crippen molar-refractivity contribution in [3.8, 4) is 11.8 Å². The number of nitrogens with zero attached hydrogens (tertiary/aromatic N) is 1. The predicted molar refractivity (Wildman–Crippen MR) is 96.7 cm³/mol. The summed E-state index contributed by atoms with van der Waals surface area (Å²) in [7, 11) is 1.35. The Morgan fingerprint density at radius 3 is 2.68 bits per heavy atom. The molecule has 1 heteroatoms. The summed E-state index contributed by atoms with van der Waals surface area (Å²) in [6, 6.07) is 12.3. The van der Waals surface area contributed by atoms with Crippen LogP contribution in [-0.4, -0.2) is 18.4 Å². The molecular formula is C21H25N. The van der Waals surface area contributed by atoms with Crippen LogP contribution in [0.15, 0.2) is 54.6 Å². The quantitative estimate of drug-likeness (QED) is 0.727. The zero-order valence-electron chi connectivity index (χ0n) is 18.6. The van der Waals surface area contributed by atoms with Gasteiger partial charge in [-0.05, 0) is 50.2 Å². The zero-order chi connectivity index (χ0) is 20.5. The van der Waals surface area contributed by atoms with Gasteiger partial charge in [0, 0.05) is 23.9 Å². The minimum absolute atomic E-state index is 0.257. The SMILES string of the molecule is [2H]/C(=C\C#CC(C)(C)C)C([2H])([2H])N(C)C([2H])([2H])c1cccc2ccccc12. The fourth-order valence-electron chi connectivity index (χ4n) is 1.95. The van der Waals surface area contributed by atoms with Gasteiger partial charge in [0.25, 0.3) is 0 Å². The molecule has 0 aliphatic carbocycles. The lowest BCUT2D eigenvalue weighted by Gasteiger charge is -2.15. The van der Waals surface area contributed by atoms with Gasteiger partial charge in [-0.15, -0.1) is 0 Å². The number of allylic oxidation sites excluding steroid dienone is 1. The molecule has 0 atom stereocenters. The van der Waals surface area contributed by atoms with Gasteiger partial charge in [0.1, 0.15) is 0 Å². The summed E-state index contributed by atoms with van der Waals surface area (Å²) in [5.41, 5.74) is 0.105. The normalized spacial score (nSPS) is 17.0. The third kappa shape index (κ3) is 5.06. The van der Waals surface area contributed by atoms with Crippen LogP contribution in [0.25, 0.3) is 10.8 Å². The molecule has 0 heterocycles. The molecule has 2 aromatic rings. The Morgan fingerprint density at radius 2 is 1.91 bits per heavy atom. The maximum absolute atomic E-state index is 8.59. The summed E-state index contributed by atoms with van der Waals surface area (Å²) in [5.74, 6) is 5.65. The van der Waals surface area contributed by atoms with Crippen LogP contribution in [0.2, 0.25) is 0 Å². The molecule has 0 amide bonds. The molecule has 0 saturated heterocycles. The van der Waals surface area contributed by atoms with Crippen molar-refractivity contribution in [1.82, 2.24) is 4.90 Å². The highest BCUT2D eigenvalue weighted by molar-refractivity contribution is 5.85. The number of hydrogen-bond donors (Lipinski definition) is 0. The molecule has 0 N–H and O–H groups in total. The van der Waals surface area contributed by atoms with E-state index in [1.54, 1.807) is 12.1 Å². The summed E-state index contributed by atoms with van der Waals surface area (Å²) >= 11 is 0. The lowest BCUT2D eigenvalue weighted by atomic mass is 9.98. The van der Waals surface area contributed by atoms with Crippen LogP contribution in [0, 0.1) is 17.3 Å². The first-order valence-electron chi connectivity index (χ1n) is 9.79. The Morgan fingerprint density at radius 1 is 1.18 bits per heavy atom. The maximum Gasteiger partial charge on any atom is 0.0596 e. The van der Waals surface area contributed by atoms with Crippen molar-refractivity contribution >= 4 is 10.8 Å². The van der Waals surface area contributed by atoms with E-state index in [1.165, 1.54) is 13.1 Å². The van der Waals surface area contributed by atoms with Gasteiger partial charge in [-0.3, -0.25) is 4.90 Å². The number of fused-ring (bicyclic) bond motifs is 1. The number of likely N-dealkylation sites (N-methyl/N-ethyl adjacent to an activating group) is 1. The summed E-state index contributed by atoms with van der Waals surface area (Å²) in [6.07, 6.45) is 1.21. The summed E-state index contributed by atoms with van der Waals surface area (Å²) in [5, 5.41) is 1.60. The molecule has 2 rings (SSSR count). The molecule has 0 radical (unpaired) electrons. The molecule has 0 spiro atoms. The Kier molecular flexibility index (Phi) is 3.53. The summed E-state index contributed by atoms with van der Waals surface area (Å²) in [6.45, 7) is 1.33. The highest BCUT2D eigenvalue weighted by Gasteiger charge is 2.03. The lowest BCUT2D eigenvalue weighted by molar-refractivity contribution is 0.365. The molecule has 2 aromatic carbocycles. The van der Waals surface area contributed by atoms with Crippen LogP contribution >= 0.6 is 0 Å². The molecule has 0 aliphatic rings. The van der Waals surface area contributed by atoms with Gasteiger partial charge < -0.3 is 0 Å². The standard InChI is InChI=1S/C21H25N/c1-21(2,3)15-8-5-9-16-22(4)17-19-13-10-12-18-11-6-7-14-20(18)19/h5-7,9-14H,16-17H2,1-4H3/b9-5+/i9D,16D2,17D2. The van der Waals surface area contributed by atoms with Gasteiger partial charge in [0.05, 0.1) is 1.37 Å². The molecule has 0 saturated carbocycles. The monoisotopic (exact) mass is 296 g/mol. The maximum atomic E-state index is 8.59. The largest absolute Gasteiger partial charge is 0.298 e. The van der Waals surface area contributed by atoms with Crippen LogP contribution < -0.4 is 0 Å². The molecule has 0 bridgehead atoms. The molecule has 22 heavy (non-hydrogen) atoms. The van der Waals surface area contributed by atoms with Crippen molar-refractivity contribution in [2.75, 3.05) is 13.5 Å². The van der Waals surface area contributed by atoms with E-state index in [9.17, 15) is 0 Å². The second-order valence-corrected chi connectivity index (χ2v) is 6.12. The second-order valence-electron chi connectivity index (χ2n) is 6.12. The van der Waals surface area contributed by atoms with Crippen molar-refractivity contribution in [3.05, 3.63) is 60.2 Å². The van der Waals surface area contributed by atoms with Crippen molar-refractivity contribution in [3.63, 3.8) is 0 Å².